The Labute approximate surface area is 230 Å². The van der Waals surface area contributed by atoms with E-state index < -0.39 is 0 Å². The molecule has 6 rings (SSSR count). The molecule has 39 heavy (non-hydrogen) atoms. The van der Waals surface area contributed by atoms with Gasteiger partial charge >= 0.3 is 0 Å². The molecule has 2 fully saturated rings. The predicted molar refractivity (Wildman–Crippen MR) is 153 cm³/mol. The van der Waals surface area contributed by atoms with E-state index in [0.29, 0.717) is 23.1 Å². The van der Waals surface area contributed by atoms with Crippen LogP contribution in [0, 0.1) is 17.2 Å². The van der Waals surface area contributed by atoms with Gasteiger partial charge in [-0.05, 0) is 93.3 Å². The standard InChI is InChI=1S/C32H37N7/c1-22(2)6-7-23-16-29(30-26(17-33)20-37-39(30)21-23)24-8-10-27(35-18-24)4-3-5-28-11-9-25(19-36-28)31-32(38-31)12-14-34-15-13-32/h8-11,16,18-22,31,34,38H,3-7,12-15H2,1-2H3. The first-order valence-corrected chi connectivity index (χ1v) is 14.3. The molecule has 1 unspecified atom stereocenters. The summed E-state index contributed by atoms with van der Waals surface area (Å²) in [6.45, 7) is 6.68. The zero-order valence-corrected chi connectivity index (χ0v) is 23.0. The minimum atomic E-state index is 0.307. The van der Waals surface area contributed by atoms with Crippen LogP contribution in [0.4, 0.5) is 0 Å². The van der Waals surface area contributed by atoms with Crippen molar-refractivity contribution in [1.29, 1.82) is 5.26 Å². The van der Waals surface area contributed by atoms with Crippen molar-refractivity contribution >= 4 is 5.52 Å². The van der Waals surface area contributed by atoms with E-state index in [9.17, 15) is 5.26 Å². The van der Waals surface area contributed by atoms with Crippen molar-refractivity contribution in [3.05, 3.63) is 83.2 Å². The first-order valence-electron chi connectivity index (χ1n) is 14.3. The highest BCUT2D eigenvalue weighted by molar-refractivity contribution is 5.84. The molecule has 0 aromatic carbocycles. The van der Waals surface area contributed by atoms with Crippen LogP contribution >= 0.6 is 0 Å². The Morgan fingerprint density at radius 2 is 1.79 bits per heavy atom. The molecule has 4 aromatic rings. The molecular formula is C32H37N7. The smallest absolute Gasteiger partial charge is 0.103 e. The number of nitrogens with zero attached hydrogens (tertiary/aromatic N) is 5. The van der Waals surface area contributed by atoms with Crippen LogP contribution in [-0.2, 0) is 19.3 Å². The molecule has 0 radical (unpaired) electrons. The number of pyridine rings is 3. The van der Waals surface area contributed by atoms with E-state index >= 15 is 0 Å². The Kier molecular flexibility index (Phi) is 7.16. The van der Waals surface area contributed by atoms with E-state index in [0.717, 1.165) is 73.2 Å². The van der Waals surface area contributed by atoms with Gasteiger partial charge in [0, 0.05) is 46.6 Å². The molecule has 0 saturated carbocycles. The molecule has 0 aliphatic carbocycles. The summed E-state index contributed by atoms with van der Waals surface area (Å²) < 4.78 is 1.85. The normalized spacial score (nSPS) is 18.1. The summed E-state index contributed by atoms with van der Waals surface area (Å²) >= 11 is 0. The van der Waals surface area contributed by atoms with Gasteiger partial charge in [0.1, 0.15) is 6.07 Å². The number of rotatable bonds is 9. The third-order valence-corrected chi connectivity index (χ3v) is 8.38. The van der Waals surface area contributed by atoms with E-state index in [1.165, 1.54) is 24.0 Å². The molecule has 0 amide bonds. The number of piperidine rings is 1. The van der Waals surface area contributed by atoms with Crippen molar-refractivity contribution in [2.75, 3.05) is 13.1 Å². The van der Waals surface area contributed by atoms with Crippen LogP contribution in [0.25, 0.3) is 16.6 Å². The molecule has 2 aliphatic rings. The molecule has 4 aromatic heterocycles. The maximum atomic E-state index is 9.65. The number of hydrogen-bond acceptors (Lipinski definition) is 6. The summed E-state index contributed by atoms with van der Waals surface area (Å²) in [5.41, 5.74) is 8.54. The maximum Gasteiger partial charge on any atom is 0.103 e. The summed E-state index contributed by atoms with van der Waals surface area (Å²) in [5.74, 6) is 0.632. The van der Waals surface area contributed by atoms with Gasteiger partial charge in [-0.3, -0.25) is 9.97 Å². The molecular weight excluding hydrogens is 482 g/mol. The number of aryl methyl sites for hydroxylation is 3. The zero-order chi connectivity index (χ0) is 26.8. The fourth-order valence-corrected chi connectivity index (χ4v) is 5.96. The highest BCUT2D eigenvalue weighted by atomic mass is 15.2. The second-order valence-corrected chi connectivity index (χ2v) is 11.6. The summed E-state index contributed by atoms with van der Waals surface area (Å²) in [4.78, 5) is 9.55. The maximum absolute atomic E-state index is 9.65. The van der Waals surface area contributed by atoms with Crippen molar-refractivity contribution in [3.63, 3.8) is 0 Å². The fourth-order valence-electron chi connectivity index (χ4n) is 5.96. The number of nitrogens with one attached hydrogen (secondary N) is 2. The lowest BCUT2D eigenvalue weighted by atomic mass is 9.91. The van der Waals surface area contributed by atoms with Gasteiger partial charge in [-0.15, -0.1) is 0 Å². The molecule has 2 N–H and O–H groups in total. The van der Waals surface area contributed by atoms with E-state index in [1.54, 1.807) is 6.20 Å². The van der Waals surface area contributed by atoms with Crippen molar-refractivity contribution in [2.45, 2.75) is 70.4 Å². The summed E-state index contributed by atoms with van der Waals surface area (Å²) in [7, 11) is 0. The number of fused-ring (bicyclic) bond motifs is 1. The van der Waals surface area contributed by atoms with Gasteiger partial charge in [0.05, 0.1) is 23.3 Å². The van der Waals surface area contributed by atoms with Gasteiger partial charge in [0.15, 0.2) is 0 Å². The largest absolute Gasteiger partial charge is 0.317 e. The topological polar surface area (TPSA) is 101 Å². The molecule has 2 saturated heterocycles. The van der Waals surface area contributed by atoms with Crippen LogP contribution in [0.15, 0.2) is 55.1 Å². The first-order chi connectivity index (χ1) is 19.0. The lowest BCUT2D eigenvalue weighted by molar-refractivity contribution is 0.416. The number of hydrogen-bond donors (Lipinski definition) is 2. The minimum absolute atomic E-state index is 0.307. The minimum Gasteiger partial charge on any atom is -0.317 e. The van der Waals surface area contributed by atoms with Gasteiger partial charge in [0.25, 0.3) is 0 Å². The SMILES string of the molecule is CC(C)CCc1cc(-c2ccc(CCCc3ccc(C4NC45CCNCC5)cn3)nc2)c2c(C#N)cnn2c1. The molecule has 6 heterocycles. The summed E-state index contributed by atoms with van der Waals surface area (Å²) in [5, 5.41) is 21.3. The van der Waals surface area contributed by atoms with Crippen molar-refractivity contribution in [2.24, 2.45) is 5.92 Å². The summed E-state index contributed by atoms with van der Waals surface area (Å²) in [6.07, 6.45) is 15.1. The first kappa shape index (κ1) is 25.7. The molecule has 200 valence electrons. The summed E-state index contributed by atoms with van der Waals surface area (Å²) in [6, 6.07) is 13.7. The highest BCUT2D eigenvalue weighted by Crippen LogP contribution is 2.46. The zero-order valence-electron chi connectivity index (χ0n) is 23.0. The van der Waals surface area contributed by atoms with Crippen LogP contribution in [0.5, 0.6) is 0 Å². The molecule has 2 aliphatic heterocycles. The van der Waals surface area contributed by atoms with Crippen LogP contribution < -0.4 is 10.6 Å². The molecule has 0 bridgehead atoms. The van der Waals surface area contributed by atoms with Gasteiger partial charge < -0.3 is 10.6 Å². The third-order valence-electron chi connectivity index (χ3n) is 8.38. The number of aromatic nitrogens is 4. The van der Waals surface area contributed by atoms with Crippen molar-refractivity contribution in [1.82, 2.24) is 30.2 Å². The van der Waals surface area contributed by atoms with Crippen LogP contribution in [-0.4, -0.2) is 38.2 Å². The number of nitriles is 1. The monoisotopic (exact) mass is 519 g/mol. The Morgan fingerprint density at radius 1 is 1.03 bits per heavy atom. The van der Waals surface area contributed by atoms with E-state index in [1.807, 2.05) is 10.7 Å². The third kappa shape index (κ3) is 5.45. The van der Waals surface area contributed by atoms with Gasteiger partial charge in [-0.25, -0.2) is 4.52 Å². The average molecular weight is 520 g/mol. The van der Waals surface area contributed by atoms with Crippen molar-refractivity contribution in [3.8, 4) is 17.2 Å². The molecule has 7 heteroatoms. The van der Waals surface area contributed by atoms with Crippen LogP contribution in [0.3, 0.4) is 0 Å². The second kappa shape index (κ2) is 10.9. The lowest BCUT2D eigenvalue weighted by Gasteiger charge is -2.21. The van der Waals surface area contributed by atoms with Gasteiger partial charge in [0.2, 0.25) is 0 Å². The average Bonchev–Trinajstić information content (AvgIpc) is 3.47. The molecule has 7 nitrogen and oxygen atoms in total. The van der Waals surface area contributed by atoms with Crippen LogP contribution in [0.1, 0.15) is 73.7 Å². The van der Waals surface area contributed by atoms with Gasteiger partial charge in [-0.1, -0.05) is 26.0 Å². The Balaban J connectivity index is 1.09. The van der Waals surface area contributed by atoms with Crippen LogP contribution in [0.2, 0.25) is 0 Å². The van der Waals surface area contributed by atoms with E-state index in [-0.39, 0.29) is 0 Å². The lowest BCUT2D eigenvalue weighted by Crippen LogP contribution is -2.35. The quantitative estimate of drug-likeness (QED) is 0.295. The van der Waals surface area contributed by atoms with E-state index in [4.69, 9.17) is 9.97 Å². The predicted octanol–water partition coefficient (Wildman–Crippen LogP) is 5.19. The highest BCUT2D eigenvalue weighted by Gasteiger charge is 2.54. The molecule has 1 spiro atoms. The van der Waals surface area contributed by atoms with E-state index in [2.05, 4.69) is 78.4 Å². The molecule has 1 atom stereocenters. The Bertz CT molecular complexity index is 1470. The van der Waals surface area contributed by atoms with Crippen molar-refractivity contribution < 1.29 is 0 Å². The Hall–Kier alpha value is -3.60. The Morgan fingerprint density at radius 3 is 2.46 bits per heavy atom. The second-order valence-electron chi connectivity index (χ2n) is 11.6. The van der Waals surface area contributed by atoms with Gasteiger partial charge in [-0.2, -0.15) is 10.4 Å². The fraction of sp³-hybridized carbons (Fsp3) is 0.438.